The molecule has 3 aliphatic rings. The summed E-state index contributed by atoms with van der Waals surface area (Å²) < 4.78 is 43.4. The number of rotatable bonds is 3. The lowest BCUT2D eigenvalue weighted by molar-refractivity contribution is -0.142. The number of sulfonamides is 1. The van der Waals surface area contributed by atoms with Crippen LogP contribution in [0.1, 0.15) is 66.2 Å². The van der Waals surface area contributed by atoms with Crippen molar-refractivity contribution in [2.75, 3.05) is 6.54 Å². The molecule has 0 aromatic carbocycles. The predicted octanol–water partition coefficient (Wildman–Crippen LogP) is 2.42. The van der Waals surface area contributed by atoms with E-state index in [1.807, 2.05) is 11.8 Å². The lowest BCUT2D eigenvalue weighted by Crippen LogP contribution is -2.67. The molecule has 1 saturated heterocycles. The van der Waals surface area contributed by atoms with Gasteiger partial charge in [-0.3, -0.25) is 4.79 Å². The van der Waals surface area contributed by atoms with Crippen molar-refractivity contribution in [3.63, 3.8) is 0 Å². The second-order valence-electron chi connectivity index (χ2n) is 9.78. The van der Waals surface area contributed by atoms with Gasteiger partial charge in [-0.05, 0) is 71.1 Å². The van der Waals surface area contributed by atoms with E-state index in [4.69, 9.17) is 9.88 Å². The van der Waals surface area contributed by atoms with Gasteiger partial charge in [-0.15, -0.1) is 0 Å². The third-order valence-corrected chi connectivity index (χ3v) is 8.67. The molecule has 31 heavy (non-hydrogen) atoms. The van der Waals surface area contributed by atoms with Crippen molar-refractivity contribution in [1.29, 1.82) is 0 Å². The number of primary sulfonamides is 1. The molecule has 1 heterocycles. The van der Waals surface area contributed by atoms with Crippen molar-refractivity contribution in [2.45, 2.75) is 102 Å². The van der Waals surface area contributed by atoms with Crippen LogP contribution in [-0.4, -0.2) is 72.4 Å². The summed E-state index contributed by atoms with van der Waals surface area (Å²) >= 11 is 0. The number of carbonyl (C=O) groups is 2. The van der Waals surface area contributed by atoms with E-state index in [0.717, 1.165) is 12.8 Å². The van der Waals surface area contributed by atoms with Crippen LogP contribution < -0.4 is 5.14 Å². The lowest BCUT2D eigenvalue weighted by atomic mass is 9.69. The summed E-state index contributed by atoms with van der Waals surface area (Å²) in [5.74, 6) is 0.204. The monoisotopic (exact) mass is 461 g/mol. The van der Waals surface area contributed by atoms with Crippen LogP contribution in [0.25, 0.3) is 0 Å². The van der Waals surface area contributed by atoms with Gasteiger partial charge in [0.25, 0.3) is 0 Å². The number of piperazine rings is 1. The molecule has 2 aliphatic carbocycles. The Kier molecular flexibility index (Phi) is 7.20. The fourth-order valence-electron chi connectivity index (χ4n) is 6.02. The Morgan fingerprint density at radius 3 is 2.23 bits per heavy atom. The highest BCUT2D eigenvalue weighted by molar-refractivity contribution is 7.89. The minimum absolute atomic E-state index is 0.00434. The minimum atomic E-state index is -3.89. The van der Waals surface area contributed by atoms with Gasteiger partial charge in [0.15, 0.2) is 0 Å². The average molecular weight is 462 g/mol. The van der Waals surface area contributed by atoms with Gasteiger partial charge >= 0.3 is 6.09 Å². The second-order valence-corrected chi connectivity index (χ2v) is 11.6. The Labute approximate surface area is 184 Å². The van der Waals surface area contributed by atoms with Gasteiger partial charge in [-0.1, -0.05) is 0 Å². The molecule has 2 amide bonds. The molecule has 3 rings (SSSR count). The lowest BCUT2D eigenvalue weighted by Gasteiger charge is -2.54. The van der Waals surface area contributed by atoms with Gasteiger partial charge in [0.1, 0.15) is 11.4 Å². The van der Waals surface area contributed by atoms with E-state index in [-0.39, 0.29) is 60.9 Å². The van der Waals surface area contributed by atoms with E-state index in [1.165, 1.54) is 0 Å². The van der Waals surface area contributed by atoms with Crippen molar-refractivity contribution < 1.29 is 27.1 Å². The molecule has 10 heteroatoms. The topological polar surface area (TPSA) is 110 Å². The Bertz CT molecular complexity index is 792. The molecular formula is C21H36FN3O5S. The van der Waals surface area contributed by atoms with Crippen molar-refractivity contribution in [2.24, 2.45) is 17.0 Å². The Balaban J connectivity index is 1.77. The van der Waals surface area contributed by atoms with Crippen molar-refractivity contribution in [1.82, 2.24) is 9.80 Å². The van der Waals surface area contributed by atoms with Gasteiger partial charge < -0.3 is 14.5 Å². The molecule has 6 unspecified atom stereocenters. The van der Waals surface area contributed by atoms with Crippen LogP contribution in [0.4, 0.5) is 9.18 Å². The first-order chi connectivity index (χ1) is 14.4. The third-order valence-electron chi connectivity index (χ3n) is 7.29. The molecule has 7 atom stereocenters. The molecule has 0 bridgehead atoms. The summed E-state index contributed by atoms with van der Waals surface area (Å²) in [5, 5.41) is 4.07. The van der Waals surface area contributed by atoms with Crippen molar-refractivity contribution in [3.8, 4) is 0 Å². The van der Waals surface area contributed by atoms with Crippen LogP contribution in [0.3, 0.4) is 0 Å². The van der Waals surface area contributed by atoms with E-state index in [9.17, 15) is 22.4 Å². The zero-order valence-corrected chi connectivity index (χ0v) is 19.7. The quantitative estimate of drug-likeness (QED) is 0.694. The highest BCUT2D eigenvalue weighted by Crippen LogP contribution is 2.44. The smallest absolute Gasteiger partial charge is 0.410 e. The number of ether oxygens (including phenoxy) is 1. The largest absolute Gasteiger partial charge is 0.447 e. The van der Waals surface area contributed by atoms with Gasteiger partial charge in [-0.25, -0.2) is 22.7 Å². The highest BCUT2D eigenvalue weighted by Gasteiger charge is 2.49. The number of nitrogens with two attached hydrogens (primary N) is 1. The van der Waals surface area contributed by atoms with E-state index < -0.39 is 21.4 Å². The molecule has 178 valence electrons. The Morgan fingerprint density at radius 2 is 1.68 bits per heavy atom. The molecule has 2 saturated carbocycles. The first kappa shape index (κ1) is 24.2. The molecule has 0 aromatic heterocycles. The zero-order valence-electron chi connectivity index (χ0n) is 18.9. The molecule has 2 N–H and O–H groups in total. The summed E-state index contributed by atoms with van der Waals surface area (Å²) in [6.45, 7) is 7.52. The van der Waals surface area contributed by atoms with Crippen LogP contribution >= 0.6 is 0 Å². The van der Waals surface area contributed by atoms with Crippen LogP contribution in [0.15, 0.2) is 0 Å². The van der Waals surface area contributed by atoms with Crippen LogP contribution in [0.5, 0.6) is 0 Å². The molecule has 0 spiro atoms. The van der Waals surface area contributed by atoms with E-state index in [2.05, 4.69) is 0 Å². The predicted molar refractivity (Wildman–Crippen MR) is 114 cm³/mol. The van der Waals surface area contributed by atoms with Crippen LogP contribution in [0.2, 0.25) is 0 Å². The Morgan fingerprint density at radius 1 is 1.06 bits per heavy atom. The van der Waals surface area contributed by atoms with Gasteiger partial charge in [0, 0.05) is 19.5 Å². The highest BCUT2D eigenvalue weighted by atomic mass is 32.2. The first-order valence-corrected chi connectivity index (χ1v) is 12.9. The number of nitrogens with zero attached hydrogens (tertiary/aromatic N) is 2. The standard InChI is InChI=1S/C21H36FN3O5S/c1-12(2)30-21(27)24-11-13(3)25(14(4)26)18-7-5-16(10-19(18)24)15-6-8-20(17(22)9-15)31(23,28)29/h12-13,15-20H,5-11H2,1-4H3,(H2,23,28,29)/t13-,15?,16?,17?,18?,19?,20?/m0/s1. The second kappa shape index (κ2) is 9.21. The average Bonchev–Trinajstić information content (AvgIpc) is 2.64. The molecule has 3 fully saturated rings. The van der Waals surface area contributed by atoms with Gasteiger partial charge in [0.2, 0.25) is 15.9 Å². The fourth-order valence-corrected chi connectivity index (χ4v) is 7.01. The molecule has 0 radical (unpaired) electrons. The maximum Gasteiger partial charge on any atom is 0.410 e. The molecule has 0 aromatic rings. The summed E-state index contributed by atoms with van der Waals surface area (Å²) in [6.07, 6.45) is 1.14. The maximum atomic E-state index is 14.7. The summed E-state index contributed by atoms with van der Waals surface area (Å²) in [4.78, 5) is 28.8. The minimum Gasteiger partial charge on any atom is -0.447 e. The van der Waals surface area contributed by atoms with Crippen molar-refractivity contribution in [3.05, 3.63) is 0 Å². The number of carbonyl (C=O) groups excluding carboxylic acids is 2. The number of alkyl halides is 1. The summed E-state index contributed by atoms with van der Waals surface area (Å²) in [7, 11) is -3.89. The van der Waals surface area contributed by atoms with Crippen molar-refractivity contribution >= 4 is 22.0 Å². The first-order valence-electron chi connectivity index (χ1n) is 11.3. The molecular weight excluding hydrogens is 425 g/mol. The Hall–Kier alpha value is -1.42. The van der Waals surface area contributed by atoms with Gasteiger partial charge in [-0.2, -0.15) is 0 Å². The normalized spacial score (nSPS) is 36.8. The van der Waals surface area contributed by atoms with Gasteiger partial charge in [0.05, 0.1) is 18.2 Å². The number of halogens is 1. The zero-order chi connectivity index (χ0) is 23.1. The van der Waals surface area contributed by atoms with Crippen LogP contribution in [-0.2, 0) is 19.6 Å². The number of amides is 2. The third kappa shape index (κ3) is 5.16. The maximum absolute atomic E-state index is 14.7. The fraction of sp³-hybridized carbons (Fsp3) is 0.905. The molecule has 8 nitrogen and oxygen atoms in total. The SMILES string of the molecule is CC(=O)N1C2CCC(C3CCC(S(N)(=O)=O)C(F)C3)CC2N(C(=O)OC(C)C)C[C@@H]1C. The van der Waals surface area contributed by atoms with E-state index in [0.29, 0.717) is 19.4 Å². The van der Waals surface area contributed by atoms with E-state index in [1.54, 1.807) is 25.7 Å². The molecule has 1 aliphatic heterocycles. The number of hydrogen-bond acceptors (Lipinski definition) is 5. The summed E-state index contributed by atoms with van der Waals surface area (Å²) in [5.41, 5.74) is 0. The number of fused-ring (bicyclic) bond motifs is 1. The number of hydrogen-bond donors (Lipinski definition) is 1. The van der Waals surface area contributed by atoms with Crippen LogP contribution in [0, 0.1) is 11.8 Å². The summed E-state index contributed by atoms with van der Waals surface area (Å²) in [6, 6.07) is -0.367. The van der Waals surface area contributed by atoms with E-state index >= 15 is 0 Å².